The number of hydrogen-bond acceptors (Lipinski definition) is 5. The molecule has 1 aromatic heterocycles. The monoisotopic (exact) mass is 412 g/mol. The van der Waals surface area contributed by atoms with E-state index in [9.17, 15) is 4.79 Å². The number of fused-ring (bicyclic) bond motifs is 1. The fourth-order valence-electron chi connectivity index (χ4n) is 4.65. The summed E-state index contributed by atoms with van der Waals surface area (Å²) in [6.07, 6.45) is 4.36. The number of carbonyl (C=O) groups excluding carboxylic acids is 1. The number of nitrogens with one attached hydrogen (secondary N) is 1. The Morgan fingerprint density at radius 3 is 2.62 bits per heavy atom. The fraction of sp³-hybridized carbons (Fsp3) is 0.545. The molecule has 6 nitrogen and oxygen atoms in total. The predicted molar refractivity (Wildman–Crippen MR) is 112 cm³/mol. The van der Waals surface area contributed by atoms with Crippen LogP contribution in [0.1, 0.15) is 42.9 Å². The maximum Gasteiger partial charge on any atom is 0.407 e. The molecule has 1 saturated heterocycles. The molecule has 29 heavy (non-hydrogen) atoms. The lowest BCUT2D eigenvalue weighted by Crippen LogP contribution is -2.34. The summed E-state index contributed by atoms with van der Waals surface area (Å²) in [5.41, 5.74) is 2.27. The van der Waals surface area contributed by atoms with Crippen LogP contribution in [-0.4, -0.2) is 39.3 Å². The molecule has 2 atom stereocenters. The zero-order chi connectivity index (χ0) is 19.8. The van der Waals surface area contributed by atoms with Crippen molar-refractivity contribution in [2.24, 2.45) is 18.9 Å². The first-order valence-electron chi connectivity index (χ1n) is 10.6. The van der Waals surface area contributed by atoms with Crippen molar-refractivity contribution < 1.29 is 9.53 Å². The molecule has 1 amide bonds. The number of hydrogen-bond donors (Lipinski definition) is 1. The number of benzene rings is 1. The lowest BCUT2D eigenvalue weighted by molar-refractivity contribution is 0.135. The average molecular weight is 413 g/mol. The number of aryl methyl sites for hydroxylation is 1. The largest absolute Gasteiger partial charge is 0.445 e. The number of ether oxygens (including phenoxy) is 1. The van der Waals surface area contributed by atoms with Crippen LogP contribution < -0.4 is 5.32 Å². The van der Waals surface area contributed by atoms with Gasteiger partial charge in [0.1, 0.15) is 11.6 Å². The average Bonchev–Trinajstić information content (AvgIpc) is 3.28. The highest BCUT2D eigenvalue weighted by Crippen LogP contribution is 2.44. The van der Waals surface area contributed by atoms with E-state index in [0.717, 1.165) is 31.5 Å². The first-order valence-corrected chi connectivity index (χ1v) is 11.4. The SMILES string of the molecule is Cn1nc(C2CC2)cc1SN1CC2CC(NC(=O)OCc3ccccc3)CC2C1. The van der Waals surface area contributed by atoms with Gasteiger partial charge in [-0.2, -0.15) is 5.10 Å². The normalized spacial score (nSPS) is 26.4. The highest BCUT2D eigenvalue weighted by atomic mass is 32.2. The summed E-state index contributed by atoms with van der Waals surface area (Å²) in [4.78, 5) is 12.1. The fourth-order valence-corrected chi connectivity index (χ4v) is 5.78. The van der Waals surface area contributed by atoms with E-state index in [1.54, 1.807) is 0 Å². The Labute approximate surface area is 176 Å². The summed E-state index contributed by atoms with van der Waals surface area (Å²) in [7, 11) is 2.05. The molecule has 1 N–H and O–H groups in total. The van der Waals surface area contributed by atoms with Crippen molar-refractivity contribution in [3.05, 3.63) is 47.7 Å². The summed E-state index contributed by atoms with van der Waals surface area (Å²) in [6.45, 7) is 2.48. The van der Waals surface area contributed by atoms with E-state index in [2.05, 4.69) is 20.8 Å². The first-order chi connectivity index (χ1) is 14.1. The van der Waals surface area contributed by atoms with Crippen LogP contribution in [-0.2, 0) is 18.4 Å². The summed E-state index contributed by atoms with van der Waals surface area (Å²) >= 11 is 1.84. The van der Waals surface area contributed by atoms with Crippen LogP contribution in [0.5, 0.6) is 0 Å². The molecule has 3 aliphatic rings. The third kappa shape index (κ3) is 4.46. The first kappa shape index (κ1) is 19.0. The number of aromatic nitrogens is 2. The van der Waals surface area contributed by atoms with E-state index in [-0.39, 0.29) is 12.1 Å². The summed E-state index contributed by atoms with van der Waals surface area (Å²) in [5, 5.41) is 8.99. The second-order valence-electron chi connectivity index (χ2n) is 8.64. The van der Waals surface area contributed by atoms with Crippen molar-refractivity contribution in [1.82, 2.24) is 19.4 Å². The number of amides is 1. The van der Waals surface area contributed by atoms with Gasteiger partial charge < -0.3 is 10.1 Å². The third-order valence-electron chi connectivity index (χ3n) is 6.33. The lowest BCUT2D eigenvalue weighted by atomic mass is 10.0. The molecule has 7 heteroatoms. The van der Waals surface area contributed by atoms with Crippen LogP contribution in [0.4, 0.5) is 4.79 Å². The third-order valence-corrected chi connectivity index (χ3v) is 7.45. The highest BCUT2D eigenvalue weighted by molar-refractivity contribution is 7.97. The molecular weight excluding hydrogens is 384 g/mol. The van der Waals surface area contributed by atoms with E-state index in [1.165, 1.54) is 23.6 Å². The Balaban J connectivity index is 1.07. The highest BCUT2D eigenvalue weighted by Gasteiger charge is 2.42. The maximum atomic E-state index is 12.1. The standard InChI is InChI=1S/C22H28N4O2S/c1-25-21(11-20(24-25)16-7-8-16)29-26-12-17-9-19(10-18(17)13-26)23-22(27)28-14-15-5-3-2-4-6-15/h2-6,11,16-19H,7-10,12-14H2,1H3,(H,23,27). The van der Waals surface area contributed by atoms with Gasteiger partial charge in [0.05, 0.1) is 5.69 Å². The molecule has 2 aliphatic carbocycles. The molecule has 3 fully saturated rings. The van der Waals surface area contributed by atoms with Gasteiger partial charge >= 0.3 is 6.09 Å². The van der Waals surface area contributed by atoms with E-state index in [4.69, 9.17) is 4.74 Å². The quantitative estimate of drug-likeness (QED) is 0.728. The zero-order valence-corrected chi connectivity index (χ0v) is 17.6. The van der Waals surface area contributed by atoms with E-state index < -0.39 is 0 Å². The molecule has 5 rings (SSSR count). The molecule has 2 heterocycles. The van der Waals surface area contributed by atoms with Crippen molar-refractivity contribution >= 4 is 18.0 Å². The Morgan fingerprint density at radius 1 is 1.21 bits per heavy atom. The topological polar surface area (TPSA) is 59.4 Å². The number of alkyl carbamates (subject to hydrolysis) is 1. The van der Waals surface area contributed by atoms with Crippen molar-refractivity contribution in [3.63, 3.8) is 0 Å². The molecule has 154 valence electrons. The number of nitrogens with zero attached hydrogens (tertiary/aromatic N) is 3. The van der Waals surface area contributed by atoms with Crippen LogP contribution in [0.25, 0.3) is 0 Å². The van der Waals surface area contributed by atoms with E-state index in [1.807, 2.05) is 54.0 Å². The Morgan fingerprint density at radius 2 is 1.93 bits per heavy atom. The van der Waals surface area contributed by atoms with Gasteiger partial charge in [-0.05, 0) is 61.1 Å². The van der Waals surface area contributed by atoms with Gasteiger partial charge in [-0.1, -0.05) is 30.3 Å². The molecule has 2 unspecified atom stereocenters. The van der Waals surface area contributed by atoms with Crippen LogP contribution in [0, 0.1) is 11.8 Å². The summed E-state index contributed by atoms with van der Waals surface area (Å²) in [6, 6.07) is 12.3. The number of carbonyl (C=O) groups is 1. The zero-order valence-electron chi connectivity index (χ0n) is 16.8. The minimum Gasteiger partial charge on any atom is -0.445 e. The second kappa shape index (κ2) is 8.03. The van der Waals surface area contributed by atoms with Crippen LogP contribution >= 0.6 is 11.9 Å². The van der Waals surface area contributed by atoms with Gasteiger partial charge in [-0.3, -0.25) is 4.68 Å². The van der Waals surface area contributed by atoms with Crippen molar-refractivity contribution in [1.29, 1.82) is 0 Å². The number of rotatable bonds is 6. The minimum atomic E-state index is -0.299. The molecule has 0 radical (unpaired) electrons. The minimum absolute atomic E-state index is 0.235. The lowest BCUT2D eigenvalue weighted by Gasteiger charge is -2.18. The summed E-state index contributed by atoms with van der Waals surface area (Å²) < 4.78 is 9.88. The molecule has 1 aromatic carbocycles. The van der Waals surface area contributed by atoms with Crippen molar-refractivity contribution in [2.45, 2.75) is 49.3 Å². The van der Waals surface area contributed by atoms with Crippen LogP contribution in [0.15, 0.2) is 41.4 Å². The maximum absolute atomic E-state index is 12.1. The summed E-state index contributed by atoms with van der Waals surface area (Å²) in [5.74, 6) is 2.00. The van der Waals surface area contributed by atoms with Gasteiger partial charge in [-0.15, -0.1) is 0 Å². The molecule has 0 bridgehead atoms. The smallest absolute Gasteiger partial charge is 0.407 e. The van der Waals surface area contributed by atoms with Gasteiger partial charge in [-0.25, -0.2) is 9.10 Å². The molecule has 1 aliphatic heterocycles. The van der Waals surface area contributed by atoms with Crippen LogP contribution in [0.3, 0.4) is 0 Å². The Hall–Kier alpha value is -1.99. The van der Waals surface area contributed by atoms with E-state index >= 15 is 0 Å². The second-order valence-corrected chi connectivity index (χ2v) is 9.76. The van der Waals surface area contributed by atoms with Gasteiger partial charge in [0.2, 0.25) is 0 Å². The molecule has 2 saturated carbocycles. The van der Waals surface area contributed by atoms with Gasteiger partial charge in [0, 0.05) is 32.1 Å². The van der Waals surface area contributed by atoms with Crippen molar-refractivity contribution in [3.8, 4) is 0 Å². The Kier molecular flexibility index (Phi) is 5.26. The van der Waals surface area contributed by atoms with Gasteiger partial charge in [0.15, 0.2) is 0 Å². The molecular formula is C22H28N4O2S. The Bertz CT molecular complexity index is 853. The van der Waals surface area contributed by atoms with Crippen LogP contribution in [0.2, 0.25) is 0 Å². The van der Waals surface area contributed by atoms with Gasteiger partial charge in [0.25, 0.3) is 0 Å². The molecule has 2 aromatic rings. The van der Waals surface area contributed by atoms with Crippen molar-refractivity contribution in [2.75, 3.05) is 13.1 Å². The predicted octanol–water partition coefficient (Wildman–Crippen LogP) is 3.94. The van der Waals surface area contributed by atoms with E-state index in [0.29, 0.717) is 24.4 Å². The molecule has 0 spiro atoms.